The van der Waals surface area contributed by atoms with Crippen LogP contribution in [0.4, 0.5) is 4.39 Å². The van der Waals surface area contributed by atoms with Gasteiger partial charge in [0.1, 0.15) is 17.4 Å². The molecule has 0 saturated carbocycles. The molecule has 11 heteroatoms. The van der Waals surface area contributed by atoms with Crippen molar-refractivity contribution >= 4 is 33.5 Å². The van der Waals surface area contributed by atoms with Crippen molar-refractivity contribution in [3.63, 3.8) is 0 Å². The predicted octanol–water partition coefficient (Wildman–Crippen LogP) is 5.90. The van der Waals surface area contributed by atoms with Gasteiger partial charge in [-0.05, 0) is 50.1 Å². The SMILES string of the molecule is Cc1nc2c(=O)[nH]c3cc(F)c(-c4ccc(Oc5ncccn5)cc4Cl)cc3c2n1C1CCN(CC2(C)COC2)CC1. The van der Waals surface area contributed by atoms with E-state index in [0.29, 0.717) is 32.9 Å². The average molecular weight is 589 g/mol. The van der Waals surface area contributed by atoms with Gasteiger partial charge in [0, 0.05) is 66.1 Å². The fourth-order valence-electron chi connectivity index (χ4n) is 6.31. The van der Waals surface area contributed by atoms with E-state index >= 15 is 4.39 Å². The fourth-order valence-corrected chi connectivity index (χ4v) is 6.58. The van der Waals surface area contributed by atoms with Crippen LogP contribution in [0.2, 0.25) is 5.02 Å². The van der Waals surface area contributed by atoms with E-state index in [-0.39, 0.29) is 23.0 Å². The van der Waals surface area contributed by atoms with Crippen LogP contribution < -0.4 is 10.3 Å². The topological polar surface area (TPSA) is 98.2 Å². The standard InChI is InChI=1S/C31H30ClFN6O3/c1-18-36-27-28(39(18)19-6-10-38(11-7-19)15-31(2)16-41-17-31)23-13-22(25(33)14-26(23)37-29(27)40)21-5-4-20(12-24(21)32)42-30-34-8-3-9-35-30/h3-5,8-9,12-14,19H,6-7,10-11,15-17H2,1-2H3,(H,37,40). The summed E-state index contributed by atoms with van der Waals surface area (Å²) in [6.45, 7) is 8.77. The number of pyridine rings is 1. The smallest absolute Gasteiger partial charge is 0.321 e. The van der Waals surface area contributed by atoms with Crippen LogP contribution in [-0.4, -0.2) is 62.3 Å². The van der Waals surface area contributed by atoms with E-state index in [4.69, 9.17) is 21.1 Å². The van der Waals surface area contributed by atoms with Gasteiger partial charge in [0.05, 0.1) is 29.3 Å². The number of aromatic amines is 1. The van der Waals surface area contributed by atoms with E-state index in [9.17, 15) is 4.79 Å². The van der Waals surface area contributed by atoms with Crippen molar-refractivity contribution in [2.75, 3.05) is 32.8 Å². The molecule has 2 saturated heterocycles. The van der Waals surface area contributed by atoms with Gasteiger partial charge in [0.2, 0.25) is 0 Å². The van der Waals surface area contributed by atoms with E-state index in [0.717, 1.165) is 62.4 Å². The molecule has 7 rings (SSSR count). The normalized spacial score (nSPS) is 17.5. The highest BCUT2D eigenvalue weighted by atomic mass is 35.5. The molecule has 0 amide bonds. The second kappa shape index (κ2) is 10.4. The van der Waals surface area contributed by atoms with Crippen LogP contribution in [0.1, 0.15) is 31.6 Å². The number of halogens is 2. The number of likely N-dealkylation sites (tertiary alicyclic amines) is 1. The first-order valence-corrected chi connectivity index (χ1v) is 14.4. The third-order valence-electron chi connectivity index (χ3n) is 8.32. The maximum Gasteiger partial charge on any atom is 0.321 e. The molecule has 0 atom stereocenters. The predicted molar refractivity (Wildman–Crippen MR) is 159 cm³/mol. The number of aromatic nitrogens is 5. The summed E-state index contributed by atoms with van der Waals surface area (Å²) in [5.41, 5.74) is 2.22. The molecule has 216 valence electrons. The Morgan fingerprint density at radius 1 is 1.14 bits per heavy atom. The van der Waals surface area contributed by atoms with Crippen molar-refractivity contribution in [3.8, 4) is 22.9 Å². The lowest BCUT2D eigenvalue weighted by molar-refractivity contribution is -0.117. The Labute approximate surface area is 246 Å². The van der Waals surface area contributed by atoms with Gasteiger partial charge in [0.15, 0.2) is 5.52 Å². The first kappa shape index (κ1) is 27.0. The van der Waals surface area contributed by atoms with E-state index in [1.807, 2.05) is 6.92 Å². The molecule has 3 aromatic heterocycles. The zero-order valence-corrected chi connectivity index (χ0v) is 24.1. The molecule has 2 fully saturated rings. The molecule has 2 aliphatic heterocycles. The van der Waals surface area contributed by atoms with Crippen LogP contribution in [-0.2, 0) is 4.74 Å². The van der Waals surface area contributed by atoms with Gasteiger partial charge in [-0.3, -0.25) is 4.79 Å². The van der Waals surface area contributed by atoms with E-state index < -0.39 is 5.82 Å². The second-order valence-corrected chi connectivity index (χ2v) is 12.1. The molecule has 5 aromatic rings. The van der Waals surface area contributed by atoms with Crippen molar-refractivity contribution < 1.29 is 13.9 Å². The Bertz CT molecular complexity index is 1860. The van der Waals surface area contributed by atoms with Crippen LogP contribution in [0.5, 0.6) is 11.8 Å². The summed E-state index contributed by atoms with van der Waals surface area (Å²) in [4.78, 5) is 31.2. The summed E-state index contributed by atoms with van der Waals surface area (Å²) >= 11 is 6.65. The summed E-state index contributed by atoms with van der Waals surface area (Å²) in [6.07, 6.45) is 5.02. The van der Waals surface area contributed by atoms with Gasteiger partial charge in [-0.1, -0.05) is 18.5 Å². The average Bonchev–Trinajstić information content (AvgIpc) is 3.31. The molecule has 2 aliphatic rings. The number of aryl methyl sites for hydroxylation is 1. The first-order chi connectivity index (χ1) is 20.3. The van der Waals surface area contributed by atoms with Gasteiger partial charge in [0.25, 0.3) is 5.56 Å². The Morgan fingerprint density at radius 2 is 1.90 bits per heavy atom. The largest absolute Gasteiger partial charge is 0.424 e. The molecule has 42 heavy (non-hydrogen) atoms. The van der Waals surface area contributed by atoms with Gasteiger partial charge in [-0.15, -0.1) is 0 Å². The molecule has 0 bridgehead atoms. The minimum absolute atomic E-state index is 0.176. The van der Waals surface area contributed by atoms with Crippen LogP contribution in [0, 0.1) is 18.2 Å². The highest BCUT2D eigenvalue weighted by Gasteiger charge is 2.36. The zero-order chi connectivity index (χ0) is 29.0. The molecule has 0 spiro atoms. The van der Waals surface area contributed by atoms with Crippen molar-refractivity contribution in [3.05, 3.63) is 75.8 Å². The highest BCUT2D eigenvalue weighted by Crippen LogP contribution is 2.38. The quantitative estimate of drug-likeness (QED) is 0.264. The molecular weight excluding hydrogens is 559 g/mol. The van der Waals surface area contributed by atoms with E-state index in [2.05, 4.69) is 36.3 Å². The maximum atomic E-state index is 15.6. The van der Waals surface area contributed by atoms with Crippen LogP contribution in [0.3, 0.4) is 0 Å². The third kappa shape index (κ3) is 4.83. The monoisotopic (exact) mass is 588 g/mol. The zero-order valence-electron chi connectivity index (χ0n) is 23.4. The first-order valence-electron chi connectivity index (χ1n) is 14.1. The van der Waals surface area contributed by atoms with Gasteiger partial charge in [-0.25, -0.2) is 19.3 Å². The molecule has 2 aromatic carbocycles. The third-order valence-corrected chi connectivity index (χ3v) is 8.64. The minimum Gasteiger partial charge on any atom is -0.424 e. The van der Waals surface area contributed by atoms with E-state index in [1.54, 1.807) is 42.7 Å². The Morgan fingerprint density at radius 3 is 2.60 bits per heavy atom. The van der Waals surface area contributed by atoms with Gasteiger partial charge >= 0.3 is 6.01 Å². The lowest BCUT2D eigenvalue weighted by atomic mass is 9.87. The van der Waals surface area contributed by atoms with Crippen LogP contribution in [0.25, 0.3) is 33.1 Å². The van der Waals surface area contributed by atoms with Crippen molar-refractivity contribution in [1.29, 1.82) is 0 Å². The number of benzene rings is 2. The molecule has 0 unspecified atom stereocenters. The molecule has 1 N–H and O–H groups in total. The summed E-state index contributed by atoms with van der Waals surface area (Å²) in [7, 11) is 0. The van der Waals surface area contributed by atoms with Gasteiger partial charge in [-0.2, -0.15) is 0 Å². The summed E-state index contributed by atoms with van der Waals surface area (Å²) in [5.74, 6) is 0.708. The number of piperidine rings is 1. The molecule has 0 radical (unpaired) electrons. The summed E-state index contributed by atoms with van der Waals surface area (Å²) < 4.78 is 28.9. The number of rotatable bonds is 6. The van der Waals surface area contributed by atoms with Crippen molar-refractivity contribution in [2.45, 2.75) is 32.7 Å². The van der Waals surface area contributed by atoms with E-state index in [1.165, 1.54) is 6.07 Å². The number of fused-ring (bicyclic) bond motifs is 3. The van der Waals surface area contributed by atoms with Crippen LogP contribution >= 0.6 is 11.6 Å². The summed E-state index contributed by atoms with van der Waals surface area (Å²) in [5, 5.41) is 1.03. The second-order valence-electron chi connectivity index (χ2n) is 11.6. The molecular formula is C31H30ClFN6O3. The summed E-state index contributed by atoms with van der Waals surface area (Å²) in [6, 6.07) is 10.2. The Hall–Kier alpha value is -3.86. The number of hydrogen-bond acceptors (Lipinski definition) is 7. The minimum atomic E-state index is -0.496. The molecule has 9 nitrogen and oxygen atoms in total. The number of H-pyrrole nitrogens is 1. The number of ether oxygens (including phenoxy) is 2. The van der Waals surface area contributed by atoms with Gasteiger partial charge < -0.3 is 23.9 Å². The van der Waals surface area contributed by atoms with Crippen molar-refractivity contribution in [2.24, 2.45) is 5.41 Å². The number of imidazole rings is 1. The molecule has 0 aliphatic carbocycles. The maximum absolute atomic E-state index is 15.6. The number of nitrogens with zero attached hydrogens (tertiary/aromatic N) is 5. The lowest BCUT2D eigenvalue weighted by Gasteiger charge is -2.44. The highest BCUT2D eigenvalue weighted by molar-refractivity contribution is 6.33. The number of nitrogens with one attached hydrogen (secondary N) is 1. The molecule has 5 heterocycles. The van der Waals surface area contributed by atoms with Crippen molar-refractivity contribution in [1.82, 2.24) is 29.4 Å². The fraction of sp³-hybridized carbons (Fsp3) is 0.355. The Balaban J connectivity index is 1.26. The van der Waals surface area contributed by atoms with Crippen LogP contribution in [0.15, 0.2) is 53.6 Å². The lowest BCUT2D eigenvalue weighted by Crippen LogP contribution is -2.50. The Kier molecular flexibility index (Phi) is 6.72. The number of hydrogen-bond donors (Lipinski definition) is 1.